The Hall–Kier alpha value is -1.06. The van der Waals surface area contributed by atoms with Crippen LogP contribution in [0.1, 0.15) is 51.9 Å². The first-order chi connectivity index (χ1) is 9.22. The number of nitrogens with zero attached hydrogens (tertiary/aromatic N) is 2. The molecule has 2 heterocycles. The molecule has 0 aromatic carbocycles. The molecular formula is C15H24N2O2. The van der Waals surface area contributed by atoms with Gasteiger partial charge in [-0.3, -0.25) is 9.59 Å². The van der Waals surface area contributed by atoms with E-state index in [-0.39, 0.29) is 17.9 Å². The van der Waals surface area contributed by atoms with E-state index in [1.807, 2.05) is 9.80 Å². The summed E-state index contributed by atoms with van der Waals surface area (Å²) in [7, 11) is 0. The summed E-state index contributed by atoms with van der Waals surface area (Å²) in [5.41, 5.74) is 0. The fraction of sp³-hybridized carbons (Fsp3) is 0.867. The van der Waals surface area contributed by atoms with Gasteiger partial charge in [-0.2, -0.15) is 0 Å². The molecule has 3 rings (SSSR count). The lowest BCUT2D eigenvalue weighted by molar-refractivity contribution is -0.143. The molecule has 3 atom stereocenters. The fourth-order valence-electron chi connectivity index (χ4n) is 3.77. The highest BCUT2D eigenvalue weighted by Gasteiger charge is 2.47. The van der Waals surface area contributed by atoms with Crippen LogP contribution in [0.5, 0.6) is 0 Å². The third kappa shape index (κ3) is 2.37. The molecule has 0 N–H and O–H groups in total. The quantitative estimate of drug-likeness (QED) is 0.779. The molecule has 4 nitrogen and oxygen atoms in total. The summed E-state index contributed by atoms with van der Waals surface area (Å²) < 4.78 is 0. The second-order valence-electron chi connectivity index (χ2n) is 6.23. The zero-order valence-corrected chi connectivity index (χ0v) is 11.8. The van der Waals surface area contributed by atoms with Gasteiger partial charge in [0.1, 0.15) is 6.04 Å². The SMILES string of the molecule is CCCC1CC1N1CCC(=O)N2CCCCC2C1=O. The van der Waals surface area contributed by atoms with Crippen LogP contribution in [-0.2, 0) is 9.59 Å². The molecule has 0 spiro atoms. The van der Waals surface area contributed by atoms with Gasteiger partial charge in [-0.25, -0.2) is 0 Å². The fourth-order valence-corrected chi connectivity index (χ4v) is 3.77. The van der Waals surface area contributed by atoms with Crippen LogP contribution >= 0.6 is 0 Å². The van der Waals surface area contributed by atoms with Gasteiger partial charge in [-0.15, -0.1) is 0 Å². The maximum Gasteiger partial charge on any atom is 0.245 e. The molecule has 0 aromatic rings. The van der Waals surface area contributed by atoms with Crippen molar-refractivity contribution >= 4 is 11.8 Å². The van der Waals surface area contributed by atoms with Crippen molar-refractivity contribution in [1.82, 2.24) is 9.80 Å². The summed E-state index contributed by atoms with van der Waals surface area (Å²) in [5.74, 6) is 1.11. The van der Waals surface area contributed by atoms with E-state index in [9.17, 15) is 9.59 Å². The Labute approximate surface area is 115 Å². The first-order valence-corrected chi connectivity index (χ1v) is 7.82. The Morgan fingerprint density at radius 1 is 1.16 bits per heavy atom. The minimum atomic E-state index is -0.147. The Bertz CT molecular complexity index is 382. The molecule has 4 heteroatoms. The number of hydrogen-bond acceptors (Lipinski definition) is 2. The van der Waals surface area contributed by atoms with E-state index in [4.69, 9.17) is 0 Å². The number of hydrogen-bond donors (Lipinski definition) is 0. The number of carbonyl (C=O) groups excluding carboxylic acids is 2. The Kier molecular flexibility index (Phi) is 3.50. The largest absolute Gasteiger partial charge is 0.337 e. The minimum absolute atomic E-state index is 0.147. The van der Waals surface area contributed by atoms with Crippen molar-refractivity contribution in [3.63, 3.8) is 0 Å². The third-order valence-electron chi connectivity index (χ3n) is 4.90. The van der Waals surface area contributed by atoms with Crippen molar-refractivity contribution in [2.45, 2.75) is 64.0 Å². The maximum absolute atomic E-state index is 12.7. The number of carbonyl (C=O) groups is 2. The van der Waals surface area contributed by atoms with E-state index in [1.54, 1.807) is 0 Å². The van der Waals surface area contributed by atoms with Crippen LogP contribution < -0.4 is 0 Å². The van der Waals surface area contributed by atoms with Crippen LogP contribution in [0.25, 0.3) is 0 Å². The normalized spacial score (nSPS) is 35.1. The molecule has 2 saturated heterocycles. The Morgan fingerprint density at radius 3 is 2.79 bits per heavy atom. The lowest BCUT2D eigenvalue weighted by atomic mass is 10.0. The standard InChI is InChI=1S/C15H24N2O2/c1-2-5-11-10-13(11)17-9-7-14(18)16-8-4-3-6-12(16)15(17)19/h11-13H,2-10H2,1H3. The zero-order chi connectivity index (χ0) is 13.4. The van der Waals surface area contributed by atoms with E-state index in [2.05, 4.69) is 6.92 Å². The molecular weight excluding hydrogens is 240 g/mol. The van der Waals surface area contributed by atoms with E-state index in [0.29, 0.717) is 24.9 Å². The zero-order valence-electron chi connectivity index (χ0n) is 11.8. The van der Waals surface area contributed by atoms with E-state index >= 15 is 0 Å². The molecule has 0 bridgehead atoms. The lowest BCUT2D eigenvalue weighted by Crippen LogP contribution is -2.50. The van der Waals surface area contributed by atoms with Crippen LogP contribution in [0.15, 0.2) is 0 Å². The van der Waals surface area contributed by atoms with Crippen LogP contribution in [0.2, 0.25) is 0 Å². The van der Waals surface area contributed by atoms with E-state index in [1.165, 1.54) is 12.8 Å². The molecule has 1 saturated carbocycles. The number of amides is 2. The van der Waals surface area contributed by atoms with Gasteiger partial charge >= 0.3 is 0 Å². The smallest absolute Gasteiger partial charge is 0.245 e. The highest BCUT2D eigenvalue weighted by Crippen LogP contribution is 2.41. The van der Waals surface area contributed by atoms with Crippen LogP contribution in [0.4, 0.5) is 0 Å². The number of rotatable bonds is 3. The molecule has 106 valence electrons. The van der Waals surface area contributed by atoms with Crippen molar-refractivity contribution in [2.24, 2.45) is 5.92 Å². The molecule has 0 aromatic heterocycles. The predicted octanol–water partition coefficient (Wildman–Crippen LogP) is 1.79. The summed E-state index contributed by atoms with van der Waals surface area (Å²) in [6.45, 7) is 3.63. The number of piperidine rings is 1. The molecule has 19 heavy (non-hydrogen) atoms. The van der Waals surface area contributed by atoms with Crippen molar-refractivity contribution in [2.75, 3.05) is 13.1 Å². The summed E-state index contributed by atoms with van der Waals surface area (Å²) in [6, 6.07) is 0.286. The lowest BCUT2D eigenvalue weighted by Gasteiger charge is -2.34. The highest BCUT2D eigenvalue weighted by atomic mass is 16.2. The van der Waals surface area contributed by atoms with Crippen molar-refractivity contribution in [1.29, 1.82) is 0 Å². The van der Waals surface area contributed by atoms with Gasteiger partial charge in [0.05, 0.1) is 0 Å². The van der Waals surface area contributed by atoms with Gasteiger partial charge in [0, 0.05) is 25.6 Å². The summed E-state index contributed by atoms with van der Waals surface area (Å²) >= 11 is 0. The first-order valence-electron chi connectivity index (χ1n) is 7.82. The molecule has 0 radical (unpaired) electrons. The van der Waals surface area contributed by atoms with Crippen LogP contribution in [0, 0.1) is 5.92 Å². The van der Waals surface area contributed by atoms with Gasteiger partial charge in [0.15, 0.2) is 0 Å². The van der Waals surface area contributed by atoms with Crippen molar-refractivity contribution < 1.29 is 9.59 Å². The summed E-state index contributed by atoms with van der Waals surface area (Å²) in [6.07, 6.45) is 7.09. The van der Waals surface area contributed by atoms with Crippen LogP contribution in [0.3, 0.4) is 0 Å². The van der Waals surface area contributed by atoms with E-state index < -0.39 is 0 Å². The van der Waals surface area contributed by atoms with Gasteiger partial charge < -0.3 is 9.80 Å². The van der Waals surface area contributed by atoms with Gasteiger partial charge in [-0.1, -0.05) is 13.3 Å². The van der Waals surface area contributed by atoms with Gasteiger partial charge in [-0.05, 0) is 38.0 Å². The monoisotopic (exact) mass is 264 g/mol. The second-order valence-corrected chi connectivity index (χ2v) is 6.23. The number of fused-ring (bicyclic) bond motifs is 1. The highest BCUT2D eigenvalue weighted by molar-refractivity contribution is 5.90. The molecule has 2 aliphatic heterocycles. The molecule has 3 unspecified atom stereocenters. The first kappa shape index (κ1) is 12.9. The molecule has 3 aliphatic rings. The van der Waals surface area contributed by atoms with Crippen molar-refractivity contribution in [3.05, 3.63) is 0 Å². The van der Waals surface area contributed by atoms with Gasteiger partial charge in [0.2, 0.25) is 11.8 Å². The van der Waals surface area contributed by atoms with Gasteiger partial charge in [0.25, 0.3) is 0 Å². The maximum atomic E-state index is 12.7. The summed E-state index contributed by atoms with van der Waals surface area (Å²) in [5, 5.41) is 0. The third-order valence-corrected chi connectivity index (χ3v) is 4.90. The Morgan fingerprint density at radius 2 is 2.00 bits per heavy atom. The molecule has 3 fully saturated rings. The van der Waals surface area contributed by atoms with E-state index in [0.717, 1.165) is 32.2 Å². The van der Waals surface area contributed by atoms with Crippen LogP contribution in [-0.4, -0.2) is 46.8 Å². The Balaban J connectivity index is 1.73. The molecule has 2 amide bonds. The predicted molar refractivity (Wildman–Crippen MR) is 72.5 cm³/mol. The molecule has 1 aliphatic carbocycles. The average Bonchev–Trinajstić information content (AvgIpc) is 3.18. The average molecular weight is 264 g/mol. The minimum Gasteiger partial charge on any atom is -0.337 e. The van der Waals surface area contributed by atoms with Crippen molar-refractivity contribution in [3.8, 4) is 0 Å². The second kappa shape index (κ2) is 5.14. The topological polar surface area (TPSA) is 40.6 Å². The summed E-state index contributed by atoms with van der Waals surface area (Å²) in [4.78, 5) is 28.7.